The van der Waals surface area contributed by atoms with E-state index in [0.29, 0.717) is 17.8 Å². The largest absolute Gasteiger partial charge is 0.456 e. The van der Waals surface area contributed by atoms with Crippen molar-refractivity contribution in [1.29, 1.82) is 0 Å². The fourth-order valence-corrected chi connectivity index (χ4v) is 4.51. The average molecular weight is 318 g/mol. The zero-order valence-corrected chi connectivity index (χ0v) is 13.9. The third-order valence-corrected chi connectivity index (χ3v) is 5.74. The van der Waals surface area contributed by atoms with Crippen LogP contribution in [-0.4, -0.2) is 60.6 Å². The van der Waals surface area contributed by atoms with Gasteiger partial charge in [-0.25, -0.2) is 0 Å². The molecule has 1 aromatic rings. The fraction of sp³-hybridized carbons (Fsp3) is 0.722. The van der Waals surface area contributed by atoms with Crippen LogP contribution in [0.3, 0.4) is 0 Å². The molecule has 2 atom stereocenters. The van der Waals surface area contributed by atoms with Gasteiger partial charge in [0.1, 0.15) is 5.76 Å². The molecule has 0 unspecified atom stereocenters. The van der Waals surface area contributed by atoms with Crippen LogP contribution in [0, 0.1) is 12.8 Å². The Morgan fingerprint density at radius 2 is 1.91 bits per heavy atom. The van der Waals surface area contributed by atoms with Crippen LogP contribution in [0.5, 0.6) is 0 Å². The highest BCUT2D eigenvalue weighted by Gasteiger charge is 2.45. The van der Waals surface area contributed by atoms with Gasteiger partial charge in [0.15, 0.2) is 5.76 Å². The maximum absolute atomic E-state index is 12.7. The van der Waals surface area contributed by atoms with E-state index in [1.54, 1.807) is 6.07 Å². The molecular weight excluding hydrogens is 292 g/mol. The molecule has 3 aliphatic rings. The van der Waals surface area contributed by atoms with Crippen LogP contribution in [0.2, 0.25) is 0 Å². The SMILES string of the molecule is Cc1ccc(C(=O)N2CC[C@H]3[C@H]2CCN3CC2CCOCC2)o1. The van der Waals surface area contributed by atoms with Crippen LogP contribution in [0.1, 0.15) is 42.0 Å². The van der Waals surface area contributed by atoms with Crippen molar-refractivity contribution in [2.45, 2.75) is 44.7 Å². The molecule has 3 aliphatic heterocycles. The highest BCUT2D eigenvalue weighted by Crippen LogP contribution is 2.34. The lowest BCUT2D eigenvalue weighted by molar-refractivity contribution is 0.0501. The summed E-state index contributed by atoms with van der Waals surface area (Å²) in [6, 6.07) is 4.58. The normalized spacial score (nSPS) is 29.2. The van der Waals surface area contributed by atoms with Crippen molar-refractivity contribution in [2.24, 2.45) is 5.92 Å². The Morgan fingerprint density at radius 1 is 1.13 bits per heavy atom. The van der Waals surface area contributed by atoms with E-state index < -0.39 is 0 Å². The first-order chi connectivity index (χ1) is 11.2. The Labute approximate surface area is 137 Å². The fourth-order valence-electron chi connectivity index (χ4n) is 4.51. The molecule has 3 fully saturated rings. The predicted octanol–water partition coefficient (Wildman–Crippen LogP) is 2.30. The van der Waals surface area contributed by atoms with E-state index in [1.807, 2.05) is 17.9 Å². The highest BCUT2D eigenvalue weighted by atomic mass is 16.5. The summed E-state index contributed by atoms with van der Waals surface area (Å²) >= 11 is 0. The third-order valence-electron chi connectivity index (χ3n) is 5.74. The summed E-state index contributed by atoms with van der Waals surface area (Å²) in [6.45, 7) is 6.86. The molecule has 3 saturated heterocycles. The topological polar surface area (TPSA) is 45.9 Å². The number of ether oxygens (including phenoxy) is 1. The number of hydrogen-bond donors (Lipinski definition) is 0. The highest BCUT2D eigenvalue weighted by molar-refractivity contribution is 5.92. The van der Waals surface area contributed by atoms with Crippen LogP contribution in [-0.2, 0) is 4.74 Å². The molecule has 126 valence electrons. The quantitative estimate of drug-likeness (QED) is 0.858. The molecule has 5 nitrogen and oxygen atoms in total. The van der Waals surface area contributed by atoms with E-state index >= 15 is 0 Å². The maximum Gasteiger partial charge on any atom is 0.289 e. The summed E-state index contributed by atoms with van der Waals surface area (Å²) in [6.07, 6.45) is 4.56. The van der Waals surface area contributed by atoms with Crippen LogP contribution in [0.4, 0.5) is 0 Å². The first-order valence-electron chi connectivity index (χ1n) is 8.91. The Balaban J connectivity index is 1.40. The van der Waals surface area contributed by atoms with Crippen LogP contribution in [0.15, 0.2) is 16.5 Å². The monoisotopic (exact) mass is 318 g/mol. The molecule has 0 saturated carbocycles. The van der Waals surface area contributed by atoms with Gasteiger partial charge < -0.3 is 14.1 Å². The third kappa shape index (κ3) is 2.92. The number of aryl methyl sites for hydroxylation is 1. The minimum Gasteiger partial charge on any atom is -0.456 e. The summed E-state index contributed by atoms with van der Waals surface area (Å²) in [4.78, 5) is 17.4. The van der Waals surface area contributed by atoms with Crippen molar-refractivity contribution in [3.63, 3.8) is 0 Å². The second-order valence-corrected chi connectivity index (χ2v) is 7.17. The van der Waals surface area contributed by atoms with Crippen LogP contribution >= 0.6 is 0 Å². The van der Waals surface area contributed by atoms with E-state index in [9.17, 15) is 4.79 Å². The molecule has 4 heterocycles. The Hall–Kier alpha value is -1.33. The minimum absolute atomic E-state index is 0.0681. The van der Waals surface area contributed by atoms with Crippen molar-refractivity contribution in [2.75, 3.05) is 32.8 Å². The lowest BCUT2D eigenvalue weighted by atomic mass is 9.99. The Bertz CT molecular complexity index is 564. The number of carbonyl (C=O) groups excluding carboxylic acids is 1. The van der Waals surface area contributed by atoms with Gasteiger partial charge in [-0.05, 0) is 50.7 Å². The first kappa shape index (κ1) is 15.2. The maximum atomic E-state index is 12.7. The summed E-state index contributed by atoms with van der Waals surface area (Å²) < 4.78 is 11.0. The zero-order chi connectivity index (χ0) is 15.8. The number of likely N-dealkylation sites (tertiary alicyclic amines) is 2. The summed E-state index contributed by atoms with van der Waals surface area (Å²) in [7, 11) is 0. The molecule has 0 aromatic carbocycles. The predicted molar refractivity (Wildman–Crippen MR) is 86.4 cm³/mol. The van der Waals surface area contributed by atoms with Gasteiger partial charge in [-0.3, -0.25) is 9.69 Å². The first-order valence-corrected chi connectivity index (χ1v) is 8.91. The van der Waals surface area contributed by atoms with Crippen molar-refractivity contribution in [3.8, 4) is 0 Å². The molecule has 5 heteroatoms. The number of hydrogen-bond acceptors (Lipinski definition) is 4. The summed E-state index contributed by atoms with van der Waals surface area (Å²) in [5.41, 5.74) is 0. The van der Waals surface area contributed by atoms with Gasteiger partial charge in [0, 0.05) is 44.9 Å². The molecule has 0 aliphatic carbocycles. The van der Waals surface area contributed by atoms with Gasteiger partial charge in [0.25, 0.3) is 5.91 Å². The van der Waals surface area contributed by atoms with Crippen LogP contribution < -0.4 is 0 Å². The van der Waals surface area contributed by atoms with Gasteiger partial charge in [-0.1, -0.05) is 0 Å². The van der Waals surface area contributed by atoms with Crippen LogP contribution in [0.25, 0.3) is 0 Å². The Kier molecular flexibility index (Phi) is 4.16. The molecule has 23 heavy (non-hydrogen) atoms. The van der Waals surface area contributed by atoms with Crippen molar-refractivity contribution >= 4 is 5.91 Å². The van der Waals surface area contributed by atoms with E-state index in [-0.39, 0.29) is 5.91 Å². The molecular formula is C18H26N2O3. The molecule has 4 rings (SSSR count). The summed E-state index contributed by atoms with van der Waals surface area (Å²) in [5, 5.41) is 0. The van der Waals surface area contributed by atoms with E-state index in [0.717, 1.165) is 50.8 Å². The van der Waals surface area contributed by atoms with Gasteiger partial charge in [-0.15, -0.1) is 0 Å². The van der Waals surface area contributed by atoms with Crippen molar-refractivity contribution < 1.29 is 13.9 Å². The van der Waals surface area contributed by atoms with E-state index in [2.05, 4.69) is 4.90 Å². The average Bonchev–Trinajstić information content (AvgIpc) is 3.25. The second kappa shape index (κ2) is 6.29. The summed E-state index contributed by atoms with van der Waals surface area (Å²) in [5.74, 6) is 2.13. The van der Waals surface area contributed by atoms with Crippen molar-refractivity contribution in [1.82, 2.24) is 9.80 Å². The van der Waals surface area contributed by atoms with E-state index in [4.69, 9.17) is 9.15 Å². The lowest BCUT2D eigenvalue weighted by Crippen LogP contribution is -2.41. The number of amides is 1. The zero-order valence-electron chi connectivity index (χ0n) is 13.9. The van der Waals surface area contributed by atoms with Gasteiger partial charge in [0.05, 0.1) is 0 Å². The van der Waals surface area contributed by atoms with Gasteiger partial charge in [0.2, 0.25) is 0 Å². The molecule has 1 amide bonds. The lowest BCUT2D eigenvalue weighted by Gasteiger charge is -2.30. The Morgan fingerprint density at radius 3 is 2.65 bits per heavy atom. The molecule has 0 radical (unpaired) electrons. The number of nitrogens with zero attached hydrogens (tertiary/aromatic N) is 2. The van der Waals surface area contributed by atoms with Crippen molar-refractivity contribution in [3.05, 3.63) is 23.7 Å². The molecule has 1 aromatic heterocycles. The number of rotatable bonds is 3. The molecule has 0 N–H and O–H groups in total. The number of furan rings is 1. The standard InChI is InChI=1S/C18H26N2O3/c1-13-2-3-17(23-13)18(21)20-9-5-15-16(20)4-8-19(15)12-14-6-10-22-11-7-14/h2-3,14-16H,4-12H2,1H3/t15-,16+/m0/s1. The second-order valence-electron chi connectivity index (χ2n) is 7.17. The number of carbonyl (C=O) groups is 1. The molecule has 0 spiro atoms. The van der Waals surface area contributed by atoms with Gasteiger partial charge >= 0.3 is 0 Å². The van der Waals surface area contributed by atoms with Gasteiger partial charge in [-0.2, -0.15) is 0 Å². The number of fused-ring (bicyclic) bond motifs is 1. The molecule has 0 bridgehead atoms. The minimum atomic E-state index is 0.0681. The smallest absolute Gasteiger partial charge is 0.289 e. The van der Waals surface area contributed by atoms with E-state index in [1.165, 1.54) is 19.4 Å².